The zero-order chi connectivity index (χ0) is 26.3. The number of aromatic nitrogens is 5. The van der Waals surface area contributed by atoms with Gasteiger partial charge >= 0.3 is 12.4 Å². The van der Waals surface area contributed by atoms with Crippen LogP contribution in [0.15, 0.2) is 30.9 Å². The van der Waals surface area contributed by atoms with Gasteiger partial charge in [-0.15, -0.1) is 0 Å². The van der Waals surface area contributed by atoms with Crippen molar-refractivity contribution in [1.82, 2.24) is 28.8 Å². The van der Waals surface area contributed by atoms with Gasteiger partial charge in [-0.1, -0.05) is 11.9 Å². The van der Waals surface area contributed by atoms with Gasteiger partial charge < -0.3 is 9.88 Å². The third kappa shape index (κ3) is 5.56. The second-order valence-corrected chi connectivity index (χ2v) is 8.95. The highest BCUT2D eigenvalue weighted by molar-refractivity contribution is 7.96. The van der Waals surface area contributed by atoms with Crippen LogP contribution in [0.25, 0.3) is 17.1 Å². The second-order valence-electron chi connectivity index (χ2n) is 8.06. The van der Waals surface area contributed by atoms with Crippen molar-refractivity contribution in [2.75, 3.05) is 24.7 Å². The minimum atomic E-state index is -4.87. The summed E-state index contributed by atoms with van der Waals surface area (Å²) < 4.78 is 98.9. The molecule has 36 heavy (non-hydrogen) atoms. The molecular formula is C21H20F7N7S. The molecule has 15 heteroatoms. The van der Waals surface area contributed by atoms with Crippen LogP contribution in [-0.4, -0.2) is 60.4 Å². The Balaban J connectivity index is 1.70. The fraction of sp³-hybridized carbons (Fsp3) is 0.429. The molecule has 3 aromatic heterocycles. The van der Waals surface area contributed by atoms with Crippen LogP contribution in [0.3, 0.4) is 0 Å². The first-order valence-electron chi connectivity index (χ1n) is 10.6. The molecule has 0 saturated carbocycles. The number of piperidine rings is 1. The highest BCUT2D eigenvalue weighted by Gasteiger charge is 2.38. The molecule has 3 aromatic rings. The molecule has 194 valence electrons. The van der Waals surface area contributed by atoms with Gasteiger partial charge in [0, 0.05) is 31.2 Å². The smallest absolute Gasteiger partial charge is 0.348 e. The minimum Gasteiger partial charge on any atom is -0.348 e. The Hall–Kier alpha value is -2.94. The zero-order valence-corrected chi connectivity index (χ0v) is 19.7. The zero-order valence-electron chi connectivity index (χ0n) is 18.9. The summed E-state index contributed by atoms with van der Waals surface area (Å²) in [5.74, 6) is -0.245. The molecule has 1 N–H and O–H groups in total. The third-order valence-corrected chi connectivity index (χ3v) is 6.40. The first kappa shape index (κ1) is 26.1. The molecule has 1 aliphatic rings. The molecule has 0 bridgehead atoms. The molecule has 0 radical (unpaired) electrons. The molecule has 7 nitrogen and oxygen atoms in total. The van der Waals surface area contributed by atoms with Gasteiger partial charge in [0.15, 0.2) is 5.69 Å². The molecule has 1 saturated heterocycles. The molecule has 4 rings (SSSR count). The van der Waals surface area contributed by atoms with Crippen molar-refractivity contribution in [2.24, 2.45) is 0 Å². The Kier molecular flexibility index (Phi) is 7.14. The van der Waals surface area contributed by atoms with Crippen LogP contribution in [0.1, 0.15) is 23.4 Å². The average Bonchev–Trinajstić information content (AvgIpc) is 3.29. The lowest BCUT2D eigenvalue weighted by Gasteiger charge is -2.33. The van der Waals surface area contributed by atoms with Gasteiger partial charge in [0.25, 0.3) is 0 Å². The van der Waals surface area contributed by atoms with Crippen molar-refractivity contribution in [1.29, 1.82) is 0 Å². The minimum absolute atomic E-state index is 0.117. The normalized spacial score (nSPS) is 19.5. The Morgan fingerprint density at radius 1 is 1.06 bits per heavy atom. The molecular weight excluding hydrogens is 515 g/mol. The summed E-state index contributed by atoms with van der Waals surface area (Å²) in [5, 5.41) is 2.74. The van der Waals surface area contributed by atoms with Crippen molar-refractivity contribution >= 4 is 17.9 Å². The lowest BCUT2D eigenvalue weighted by atomic mass is 10.1. The number of halogens is 7. The van der Waals surface area contributed by atoms with E-state index in [0.717, 1.165) is 23.2 Å². The van der Waals surface area contributed by atoms with Gasteiger partial charge in [-0.25, -0.2) is 28.6 Å². The number of rotatable bonds is 5. The van der Waals surface area contributed by atoms with Crippen molar-refractivity contribution in [3.8, 4) is 17.1 Å². The molecule has 4 heterocycles. The van der Waals surface area contributed by atoms with Gasteiger partial charge in [-0.2, -0.15) is 26.3 Å². The van der Waals surface area contributed by atoms with Gasteiger partial charge in [-0.3, -0.25) is 0 Å². The quantitative estimate of drug-likeness (QED) is 0.357. The Bertz CT molecular complexity index is 1230. The maximum absolute atomic E-state index is 14.5. The Morgan fingerprint density at radius 2 is 1.81 bits per heavy atom. The van der Waals surface area contributed by atoms with E-state index in [4.69, 9.17) is 0 Å². The third-order valence-electron chi connectivity index (χ3n) is 5.56. The number of nitrogens with zero attached hydrogens (tertiary/aromatic N) is 6. The largest absolute Gasteiger partial charge is 0.435 e. The molecule has 1 aliphatic heterocycles. The van der Waals surface area contributed by atoms with Crippen molar-refractivity contribution in [3.05, 3.63) is 47.8 Å². The van der Waals surface area contributed by atoms with E-state index in [-0.39, 0.29) is 23.9 Å². The monoisotopic (exact) mass is 535 g/mol. The number of imidazole rings is 1. The SMILES string of the molecule is CSN1CCC(Nc2ncc(C(F)(F)F)c(-c3cn(-c4ccc(C)nc4C(F)(F)F)cn3)n2)C(F)C1. The van der Waals surface area contributed by atoms with Gasteiger partial charge in [0.05, 0.1) is 11.7 Å². The molecule has 2 unspecified atom stereocenters. The molecule has 0 spiro atoms. The summed E-state index contributed by atoms with van der Waals surface area (Å²) in [6, 6.07) is 1.77. The first-order valence-corrected chi connectivity index (χ1v) is 11.8. The summed E-state index contributed by atoms with van der Waals surface area (Å²) in [6.45, 7) is 2.07. The summed E-state index contributed by atoms with van der Waals surface area (Å²) in [7, 11) is 0. The molecule has 0 aliphatic carbocycles. The van der Waals surface area contributed by atoms with E-state index in [1.54, 1.807) is 0 Å². The average molecular weight is 535 g/mol. The Labute approximate surface area is 205 Å². The lowest BCUT2D eigenvalue weighted by Crippen LogP contribution is -2.45. The number of aryl methyl sites for hydroxylation is 1. The van der Waals surface area contributed by atoms with E-state index < -0.39 is 47.2 Å². The first-order chi connectivity index (χ1) is 16.9. The number of hydrogen-bond donors (Lipinski definition) is 1. The van der Waals surface area contributed by atoms with Crippen LogP contribution in [-0.2, 0) is 12.4 Å². The topological polar surface area (TPSA) is 71.8 Å². The summed E-state index contributed by atoms with van der Waals surface area (Å²) in [6.07, 6.45) is -6.31. The van der Waals surface area contributed by atoms with Crippen LogP contribution in [0.5, 0.6) is 0 Å². The molecule has 0 amide bonds. The van der Waals surface area contributed by atoms with Crippen LogP contribution in [0.4, 0.5) is 36.7 Å². The van der Waals surface area contributed by atoms with Crippen LogP contribution in [0, 0.1) is 6.92 Å². The van der Waals surface area contributed by atoms with E-state index in [2.05, 4.69) is 25.3 Å². The van der Waals surface area contributed by atoms with E-state index in [1.807, 2.05) is 10.6 Å². The molecule has 1 fully saturated rings. The number of alkyl halides is 7. The van der Waals surface area contributed by atoms with Crippen LogP contribution < -0.4 is 5.32 Å². The van der Waals surface area contributed by atoms with Crippen molar-refractivity contribution in [3.63, 3.8) is 0 Å². The summed E-state index contributed by atoms with van der Waals surface area (Å²) in [4.78, 5) is 15.0. The standard InChI is InChI=1S/C21H20F7N7S/c1-11-3-4-16(18(31-11)21(26,27)28)34-9-15(30-10-34)17-12(20(23,24)25)7-29-19(33-17)32-14-5-6-35(36-2)8-13(14)22/h3-4,7,9-10,13-14H,5-6,8H2,1-2H3,(H,29,32,33). The fourth-order valence-corrected chi connectivity index (χ4v) is 4.35. The molecule has 0 aromatic carbocycles. The van der Waals surface area contributed by atoms with Crippen LogP contribution in [0.2, 0.25) is 0 Å². The summed E-state index contributed by atoms with van der Waals surface area (Å²) in [5.41, 5.74) is -3.72. The predicted molar refractivity (Wildman–Crippen MR) is 119 cm³/mol. The van der Waals surface area contributed by atoms with Gasteiger partial charge in [-0.05, 0) is 31.7 Å². The number of hydrogen-bond acceptors (Lipinski definition) is 7. The number of anilines is 1. The predicted octanol–water partition coefficient (Wildman–Crippen LogP) is 5.17. The van der Waals surface area contributed by atoms with Crippen LogP contribution >= 0.6 is 11.9 Å². The second kappa shape index (κ2) is 9.84. The Morgan fingerprint density at radius 3 is 2.44 bits per heavy atom. The highest BCUT2D eigenvalue weighted by Crippen LogP contribution is 2.37. The highest BCUT2D eigenvalue weighted by atomic mass is 32.2. The maximum Gasteiger partial charge on any atom is 0.435 e. The van der Waals surface area contributed by atoms with E-state index in [9.17, 15) is 30.7 Å². The van der Waals surface area contributed by atoms with Gasteiger partial charge in [0.2, 0.25) is 5.95 Å². The number of nitrogens with one attached hydrogen (secondary N) is 1. The number of pyridine rings is 1. The van der Waals surface area contributed by atoms with Crippen molar-refractivity contribution in [2.45, 2.75) is 37.9 Å². The molecule has 2 atom stereocenters. The summed E-state index contributed by atoms with van der Waals surface area (Å²) >= 11 is 1.39. The van der Waals surface area contributed by atoms with Gasteiger partial charge in [0.1, 0.15) is 29.5 Å². The van der Waals surface area contributed by atoms with Crippen molar-refractivity contribution < 1.29 is 30.7 Å². The van der Waals surface area contributed by atoms with E-state index >= 15 is 0 Å². The van der Waals surface area contributed by atoms with E-state index in [1.165, 1.54) is 24.9 Å². The maximum atomic E-state index is 14.5. The lowest BCUT2D eigenvalue weighted by molar-refractivity contribution is -0.141. The fourth-order valence-electron chi connectivity index (χ4n) is 3.77. The van der Waals surface area contributed by atoms with E-state index in [0.29, 0.717) is 19.2 Å².